The molecule has 0 bridgehead atoms. The number of nitrogens with zero attached hydrogens (tertiary/aromatic N) is 1. The van der Waals surface area contributed by atoms with Crippen LogP contribution in [-0.2, 0) is 0 Å². The summed E-state index contributed by atoms with van der Waals surface area (Å²) in [6.45, 7) is 3.01. The van der Waals surface area contributed by atoms with Crippen LogP contribution in [0.1, 0.15) is 18.4 Å². The largest absolute Gasteiger partial charge is 0.493 e. The monoisotopic (exact) mass is 345 g/mol. The zero-order valence-electron chi connectivity index (χ0n) is 14.1. The average molecular weight is 345 g/mol. The summed E-state index contributed by atoms with van der Waals surface area (Å²) in [5.41, 5.74) is 0.995. The molecule has 1 N–H and O–H groups in total. The molecule has 1 saturated heterocycles. The number of halogens is 1. The molecule has 6 heteroatoms. The van der Waals surface area contributed by atoms with E-state index in [1.165, 1.54) is 17.0 Å². The maximum atomic E-state index is 13.1. The van der Waals surface area contributed by atoms with Gasteiger partial charge in [-0.1, -0.05) is 13.0 Å². The maximum Gasteiger partial charge on any atom is 0.407 e. The van der Waals surface area contributed by atoms with Crippen molar-refractivity contribution in [2.75, 3.05) is 20.2 Å². The van der Waals surface area contributed by atoms with Crippen LogP contribution in [0.4, 0.5) is 9.18 Å². The van der Waals surface area contributed by atoms with Gasteiger partial charge in [0.05, 0.1) is 7.11 Å². The molecule has 0 spiro atoms. The smallest absolute Gasteiger partial charge is 0.407 e. The van der Waals surface area contributed by atoms with Gasteiger partial charge in [0.15, 0.2) is 11.5 Å². The molecule has 1 aliphatic heterocycles. The van der Waals surface area contributed by atoms with Crippen LogP contribution in [0.25, 0.3) is 0 Å². The van der Waals surface area contributed by atoms with E-state index in [-0.39, 0.29) is 17.7 Å². The minimum absolute atomic E-state index is 0.0950. The van der Waals surface area contributed by atoms with Gasteiger partial charge in [0, 0.05) is 19.0 Å². The molecule has 5 nitrogen and oxygen atoms in total. The molecule has 1 fully saturated rings. The predicted octanol–water partition coefficient (Wildman–Crippen LogP) is 4.34. The number of benzene rings is 2. The highest BCUT2D eigenvalue weighted by atomic mass is 19.1. The van der Waals surface area contributed by atoms with Crippen molar-refractivity contribution in [3.63, 3.8) is 0 Å². The summed E-state index contributed by atoms with van der Waals surface area (Å²) in [4.78, 5) is 12.6. The molecule has 1 heterocycles. The van der Waals surface area contributed by atoms with E-state index >= 15 is 0 Å². The number of amides is 1. The Balaban J connectivity index is 1.87. The Morgan fingerprint density at radius 3 is 2.48 bits per heavy atom. The Hall–Kier alpha value is -2.76. The maximum absolute atomic E-state index is 13.1. The van der Waals surface area contributed by atoms with Gasteiger partial charge in [-0.2, -0.15) is 0 Å². The van der Waals surface area contributed by atoms with Gasteiger partial charge in [-0.3, -0.25) is 0 Å². The molecule has 0 saturated carbocycles. The minimum Gasteiger partial charge on any atom is -0.493 e. The van der Waals surface area contributed by atoms with Gasteiger partial charge in [-0.15, -0.1) is 0 Å². The van der Waals surface area contributed by atoms with E-state index in [2.05, 4.69) is 0 Å². The lowest BCUT2D eigenvalue weighted by molar-refractivity contribution is 0.154. The van der Waals surface area contributed by atoms with Crippen molar-refractivity contribution in [2.45, 2.75) is 12.8 Å². The fourth-order valence-corrected chi connectivity index (χ4v) is 3.19. The number of ether oxygens (including phenoxy) is 2. The number of rotatable bonds is 4. The van der Waals surface area contributed by atoms with E-state index in [0.717, 1.165) is 5.56 Å². The minimum atomic E-state index is -0.898. The van der Waals surface area contributed by atoms with Crippen LogP contribution in [0.15, 0.2) is 42.5 Å². The number of hydrogen-bond donors (Lipinski definition) is 1. The highest BCUT2D eigenvalue weighted by Crippen LogP contribution is 2.38. The van der Waals surface area contributed by atoms with Gasteiger partial charge in [0.25, 0.3) is 0 Å². The van der Waals surface area contributed by atoms with Crippen LogP contribution in [-0.4, -0.2) is 36.3 Å². The molecule has 2 aromatic carbocycles. The number of carboxylic acid groups (broad SMARTS) is 1. The summed E-state index contributed by atoms with van der Waals surface area (Å²) in [5.74, 6) is 1.56. The molecule has 132 valence electrons. The topological polar surface area (TPSA) is 59.0 Å². The Kier molecular flexibility index (Phi) is 4.79. The van der Waals surface area contributed by atoms with Crippen LogP contribution in [0.2, 0.25) is 0 Å². The lowest BCUT2D eigenvalue weighted by Crippen LogP contribution is -2.26. The van der Waals surface area contributed by atoms with Crippen molar-refractivity contribution in [2.24, 2.45) is 5.92 Å². The van der Waals surface area contributed by atoms with Crippen molar-refractivity contribution < 1.29 is 23.8 Å². The summed E-state index contributed by atoms with van der Waals surface area (Å²) in [5, 5.41) is 9.20. The van der Waals surface area contributed by atoms with Crippen molar-refractivity contribution >= 4 is 6.09 Å². The zero-order valence-corrected chi connectivity index (χ0v) is 14.1. The van der Waals surface area contributed by atoms with Crippen LogP contribution >= 0.6 is 0 Å². The third kappa shape index (κ3) is 3.68. The lowest BCUT2D eigenvalue weighted by atomic mass is 9.90. The average Bonchev–Trinajstić information content (AvgIpc) is 2.99. The highest BCUT2D eigenvalue weighted by Gasteiger charge is 2.33. The Bertz CT molecular complexity index is 763. The summed E-state index contributed by atoms with van der Waals surface area (Å²) >= 11 is 0. The van der Waals surface area contributed by atoms with Crippen LogP contribution in [0.5, 0.6) is 17.2 Å². The fourth-order valence-electron chi connectivity index (χ4n) is 3.19. The van der Waals surface area contributed by atoms with Crippen LogP contribution < -0.4 is 9.47 Å². The Morgan fingerprint density at radius 2 is 1.88 bits per heavy atom. The second kappa shape index (κ2) is 7.01. The summed E-state index contributed by atoms with van der Waals surface area (Å²) in [7, 11) is 1.55. The third-order valence-corrected chi connectivity index (χ3v) is 4.54. The van der Waals surface area contributed by atoms with E-state index in [9.17, 15) is 14.3 Å². The van der Waals surface area contributed by atoms with E-state index in [1.807, 2.05) is 25.1 Å². The molecule has 25 heavy (non-hydrogen) atoms. The van der Waals surface area contributed by atoms with E-state index in [0.29, 0.717) is 30.3 Å². The van der Waals surface area contributed by atoms with Crippen LogP contribution in [0.3, 0.4) is 0 Å². The summed E-state index contributed by atoms with van der Waals surface area (Å²) in [6.07, 6.45) is -0.898. The van der Waals surface area contributed by atoms with E-state index < -0.39 is 6.09 Å². The first-order chi connectivity index (χ1) is 12.0. The summed E-state index contributed by atoms with van der Waals surface area (Å²) in [6, 6.07) is 11.4. The standard InChI is InChI=1S/C19H20FNO4/c1-12-10-21(19(22)23)11-16(12)13-3-8-17(24-2)18(9-13)25-15-6-4-14(20)5-7-15/h3-9,12,16H,10-11H2,1-2H3,(H,22,23)/t12-,16+/m1/s1. The van der Waals surface area contributed by atoms with Gasteiger partial charge in [-0.25, -0.2) is 9.18 Å². The Labute approximate surface area is 145 Å². The van der Waals surface area contributed by atoms with Gasteiger partial charge in [-0.05, 0) is 47.9 Å². The number of methoxy groups -OCH3 is 1. The lowest BCUT2D eigenvalue weighted by Gasteiger charge is -2.17. The van der Waals surface area contributed by atoms with E-state index in [4.69, 9.17) is 9.47 Å². The second-order valence-electron chi connectivity index (χ2n) is 6.24. The molecule has 1 aliphatic rings. The number of hydrogen-bond acceptors (Lipinski definition) is 3. The number of likely N-dealkylation sites (tertiary alicyclic amines) is 1. The van der Waals surface area contributed by atoms with Crippen molar-refractivity contribution in [3.05, 3.63) is 53.8 Å². The second-order valence-corrected chi connectivity index (χ2v) is 6.24. The van der Waals surface area contributed by atoms with E-state index in [1.54, 1.807) is 19.2 Å². The first kappa shape index (κ1) is 17.1. The first-order valence-electron chi connectivity index (χ1n) is 8.07. The van der Waals surface area contributed by atoms with Crippen molar-refractivity contribution in [1.82, 2.24) is 4.90 Å². The molecule has 0 unspecified atom stereocenters. The number of carbonyl (C=O) groups is 1. The van der Waals surface area contributed by atoms with Gasteiger partial charge in [0.2, 0.25) is 0 Å². The molecule has 0 aliphatic carbocycles. The predicted molar refractivity (Wildman–Crippen MR) is 91.0 cm³/mol. The first-order valence-corrected chi connectivity index (χ1v) is 8.07. The Morgan fingerprint density at radius 1 is 1.16 bits per heavy atom. The third-order valence-electron chi connectivity index (χ3n) is 4.54. The zero-order chi connectivity index (χ0) is 18.0. The molecular formula is C19H20FNO4. The SMILES string of the molecule is COc1ccc([C@H]2CN(C(=O)O)C[C@H]2C)cc1Oc1ccc(F)cc1. The molecular weight excluding hydrogens is 325 g/mol. The van der Waals surface area contributed by atoms with Gasteiger partial charge >= 0.3 is 6.09 Å². The van der Waals surface area contributed by atoms with Crippen molar-refractivity contribution in [3.8, 4) is 17.2 Å². The van der Waals surface area contributed by atoms with Gasteiger partial charge in [0.1, 0.15) is 11.6 Å². The molecule has 2 atom stereocenters. The normalized spacial score (nSPS) is 19.7. The highest BCUT2D eigenvalue weighted by molar-refractivity contribution is 5.65. The molecule has 1 amide bonds. The van der Waals surface area contributed by atoms with Crippen LogP contribution in [0, 0.1) is 11.7 Å². The molecule has 0 aromatic heterocycles. The summed E-state index contributed by atoms with van der Waals surface area (Å²) < 4.78 is 24.2. The molecule has 2 aromatic rings. The van der Waals surface area contributed by atoms with Crippen molar-refractivity contribution in [1.29, 1.82) is 0 Å². The quantitative estimate of drug-likeness (QED) is 0.895. The molecule has 0 radical (unpaired) electrons. The molecule has 3 rings (SSSR count). The van der Waals surface area contributed by atoms with Gasteiger partial charge < -0.3 is 19.5 Å². The fraction of sp³-hybridized carbons (Fsp3) is 0.316.